The molecule has 0 aliphatic carbocycles. The van der Waals surface area contributed by atoms with E-state index in [-0.39, 0.29) is 5.91 Å². The molecule has 0 amide bonds. The van der Waals surface area contributed by atoms with Crippen LogP contribution in [-0.4, -0.2) is 36.0 Å². The van der Waals surface area contributed by atoms with E-state index in [0.29, 0.717) is 43.3 Å². The summed E-state index contributed by atoms with van der Waals surface area (Å²) in [6.07, 6.45) is 0.598. The maximum atomic E-state index is 14.1. The predicted octanol–water partition coefficient (Wildman–Crippen LogP) is 7.49. The molecule has 6 heteroatoms. The minimum Gasteiger partial charge on any atom is -0.493 e. The maximum Gasteiger partial charge on any atom is 0.279 e. The molecule has 5 aromatic rings. The zero-order valence-corrected chi connectivity index (χ0v) is 23.7. The third kappa shape index (κ3) is 5.49. The van der Waals surface area contributed by atoms with E-state index in [1.165, 1.54) is 0 Å². The zero-order chi connectivity index (χ0) is 28.9. The highest BCUT2D eigenvalue weighted by Gasteiger charge is 2.31. The van der Waals surface area contributed by atoms with Gasteiger partial charge in [-0.1, -0.05) is 103 Å². The van der Waals surface area contributed by atoms with Crippen molar-refractivity contribution in [1.29, 1.82) is 0 Å². The van der Waals surface area contributed by atoms with Crippen LogP contribution in [0.1, 0.15) is 28.5 Å². The summed E-state index contributed by atoms with van der Waals surface area (Å²) in [7, 11) is 1.61. The molecule has 1 aromatic heterocycles. The Kier molecular flexibility index (Phi) is 7.97. The monoisotopic (exact) mass is 556 g/mol. The molecule has 4 aromatic carbocycles. The van der Waals surface area contributed by atoms with Gasteiger partial charge in [0.25, 0.3) is 5.91 Å². The number of ether oxygens (including phenoxy) is 3. The van der Waals surface area contributed by atoms with E-state index in [1.807, 2.05) is 104 Å². The average Bonchev–Trinajstić information content (AvgIpc) is 3.42. The second-order valence-corrected chi connectivity index (χ2v) is 10.2. The van der Waals surface area contributed by atoms with E-state index in [2.05, 4.69) is 12.1 Å². The normalized spacial score (nSPS) is 12.8. The van der Waals surface area contributed by atoms with Crippen LogP contribution in [0, 0.1) is 0 Å². The molecule has 0 bridgehead atoms. The number of benzene rings is 4. The molecule has 0 N–H and O–H groups in total. The molecular weight excluding hydrogens is 524 g/mol. The van der Waals surface area contributed by atoms with Crippen LogP contribution in [0.4, 0.5) is 0 Å². The number of aromatic nitrogens is 2. The highest BCUT2D eigenvalue weighted by Crippen LogP contribution is 2.40. The summed E-state index contributed by atoms with van der Waals surface area (Å²) in [5.74, 6) is 1.00. The van der Waals surface area contributed by atoms with Crippen LogP contribution in [0.2, 0.25) is 0 Å². The first-order valence-electron chi connectivity index (χ1n) is 14.0. The van der Waals surface area contributed by atoms with E-state index in [9.17, 15) is 4.79 Å². The first-order chi connectivity index (χ1) is 20.6. The third-order valence-electron chi connectivity index (χ3n) is 7.41. The van der Waals surface area contributed by atoms with Crippen molar-refractivity contribution in [2.45, 2.75) is 20.0 Å². The third-order valence-corrected chi connectivity index (χ3v) is 7.41. The van der Waals surface area contributed by atoms with Gasteiger partial charge in [0.1, 0.15) is 12.3 Å². The number of hydrogen-bond donors (Lipinski definition) is 0. The van der Waals surface area contributed by atoms with Gasteiger partial charge in [0.15, 0.2) is 11.5 Å². The molecule has 1 aliphatic heterocycles. The topological polar surface area (TPSA) is 62.6 Å². The fourth-order valence-corrected chi connectivity index (χ4v) is 5.41. The largest absolute Gasteiger partial charge is 0.493 e. The quantitative estimate of drug-likeness (QED) is 0.167. The number of fused-ring (bicyclic) bond motifs is 1. The average molecular weight is 557 g/mol. The Hall–Kier alpha value is -4.94. The standard InChI is InChI=1S/C36H32N2O4/c1-25-22-30-34(27-14-8-4-9-15-27)35(28-16-10-5-11-17-28)37-38(30)36(39)33(25)29-18-19-31(40-2)32(23-29)42-21-20-41-24-26-12-6-3-7-13-26/h3-19,23H,20-22,24H2,1-2H3. The lowest BCUT2D eigenvalue weighted by molar-refractivity contribution is 0.0879. The van der Waals surface area contributed by atoms with Gasteiger partial charge >= 0.3 is 0 Å². The fourth-order valence-electron chi connectivity index (χ4n) is 5.41. The van der Waals surface area contributed by atoms with E-state index >= 15 is 0 Å². The lowest BCUT2D eigenvalue weighted by Gasteiger charge is -2.21. The van der Waals surface area contributed by atoms with Gasteiger partial charge in [0.05, 0.1) is 26.0 Å². The summed E-state index contributed by atoms with van der Waals surface area (Å²) in [6.45, 7) is 3.31. The highest BCUT2D eigenvalue weighted by molar-refractivity contribution is 6.23. The van der Waals surface area contributed by atoms with Crippen LogP contribution in [0.25, 0.3) is 28.0 Å². The molecule has 0 saturated heterocycles. The Bertz CT molecular complexity index is 1730. The van der Waals surface area contributed by atoms with Crippen LogP contribution < -0.4 is 9.47 Å². The van der Waals surface area contributed by atoms with Crippen molar-refractivity contribution < 1.29 is 19.0 Å². The van der Waals surface area contributed by atoms with E-state index in [1.54, 1.807) is 11.8 Å². The Morgan fingerprint density at radius 2 is 1.43 bits per heavy atom. The van der Waals surface area contributed by atoms with Crippen LogP contribution in [0.15, 0.2) is 115 Å². The van der Waals surface area contributed by atoms with E-state index in [4.69, 9.17) is 19.3 Å². The lowest BCUT2D eigenvalue weighted by atomic mass is 9.90. The van der Waals surface area contributed by atoms with Crippen LogP contribution in [0.5, 0.6) is 11.5 Å². The molecule has 42 heavy (non-hydrogen) atoms. The molecule has 1 aliphatic rings. The van der Waals surface area contributed by atoms with Crippen molar-refractivity contribution in [3.63, 3.8) is 0 Å². The molecule has 0 spiro atoms. The molecule has 6 rings (SSSR count). The SMILES string of the molecule is COc1ccc(C2=C(C)Cc3c(-c4ccccc4)c(-c4ccccc4)nn3C2=O)cc1OCCOCc1ccccc1. The van der Waals surface area contributed by atoms with E-state index in [0.717, 1.165) is 44.8 Å². The Balaban J connectivity index is 1.28. The zero-order valence-electron chi connectivity index (χ0n) is 23.7. The predicted molar refractivity (Wildman–Crippen MR) is 165 cm³/mol. The smallest absolute Gasteiger partial charge is 0.279 e. The van der Waals surface area contributed by atoms with Crippen molar-refractivity contribution in [2.24, 2.45) is 0 Å². The summed E-state index contributed by atoms with van der Waals surface area (Å²) in [4.78, 5) is 14.1. The number of carbonyl (C=O) groups excluding carboxylic acids is 1. The first kappa shape index (κ1) is 27.2. The Labute approximate surface area is 245 Å². The maximum absolute atomic E-state index is 14.1. The highest BCUT2D eigenvalue weighted by atomic mass is 16.5. The molecule has 0 fully saturated rings. The van der Waals surface area contributed by atoms with E-state index < -0.39 is 0 Å². The van der Waals surface area contributed by atoms with Crippen molar-refractivity contribution in [1.82, 2.24) is 9.78 Å². The Morgan fingerprint density at radius 3 is 2.12 bits per heavy atom. The van der Waals surface area contributed by atoms with Gasteiger partial charge in [-0.05, 0) is 35.7 Å². The van der Waals surface area contributed by atoms with Crippen LogP contribution in [0.3, 0.4) is 0 Å². The van der Waals surface area contributed by atoms with Gasteiger partial charge in [-0.2, -0.15) is 9.78 Å². The molecule has 2 heterocycles. The summed E-state index contributed by atoms with van der Waals surface area (Å²) in [5.41, 5.74) is 8.17. The first-order valence-corrected chi connectivity index (χ1v) is 14.0. The van der Waals surface area contributed by atoms with Crippen molar-refractivity contribution in [3.8, 4) is 33.9 Å². The molecule has 0 atom stereocenters. The summed E-state index contributed by atoms with van der Waals surface area (Å²) in [6, 6.07) is 35.8. The molecule has 6 nitrogen and oxygen atoms in total. The molecule has 210 valence electrons. The Morgan fingerprint density at radius 1 is 0.762 bits per heavy atom. The van der Waals surface area contributed by atoms with Gasteiger partial charge in [-0.3, -0.25) is 4.79 Å². The second-order valence-electron chi connectivity index (χ2n) is 10.2. The number of hydrogen-bond acceptors (Lipinski definition) is 5. The minimum atomic E-state index is -0.157. The van der Waals surface area contributed by atoms with Gasteiger partial charge < -0.3 is 14.2 Å². The number of rotatable bonds is 10. The molecular formula is C36H32N2O4. The van der Waals surface area contributed by atoms with Gasteiger partial charge in [0, 0.05) is 23.1 Å². The summed E-state index contributed by atoms with van der Waals surface area (Å²) in [5, 5.41) is 4.90. The van der Waals surface area contributed by atoms with Gasteiger partial charge in [-0.25, -0.2) is 0 Å². The minimum absolute atomic E-state index is 0.157. The fraction of sp³-hybridized carbons (Fsp3) is 0.167. The number of nitrogens with zero attached hydrogens (tertiary/aromatic N) is 2. The lowest BCUT2D eigenvalue weighted by Crippen LogP contribution is -2.23. The van der Waals surface area contributed by atoms with Crippen molar-refractivity contribution in [2.75, 3.05) is 20.3 Å². The van der Waals surface area contributed by atoms with Gasteiger partial charge in [0.2, 0.25) is 0 Å². The number of methoxy groups -OCH3 is 1. The summed E-state index contributed by atoms with van der Waals surface area (Å²) < 4.78 is 19.0. The molecule has 0 unspecified atom stereocenters. The summed E-state index contributed by atoms with van der Waals surface area (Å²) >= 11 is 0. The van der Waals surface area contributed by atoms with Crippen molar-refractivity contribution in [3.05, 3.63) is 132 Å². The number of allylic oxidation sites excluding steroid dienone is 2. The second kappa shape index (κ2) is 12.3. The van der Waals surface area contributed by atoms with Crippen LogP contribution >= 0.6 is 0 Å². The number of carbonyl (C=O) groups is 1. The van der Waals surface area contributed by atoms with Gasteiger partial charge in [-0.15, -0.1) is 0 Å². The van der Waals surface area contributed by atoms with Crippen LogP contribution in [-0.2, 0) is 17.8 Å². The molecule has 0 saturated carbocycles. The molecule has 0 radical (unpaired) electrons. The van der Waals surface area contributed by atoms with Crippen molar-refractivity contribution >= 4 is 11.5 Å².